The van der Waals surface area contributed by atoms with Crippen LogP contribution in [-0.4, -0.2) is 44.9 Å². The van der Waals surface area contributed by atoms with Crippen LogP contribution < -0.4 is 11.1 Å². The monoisotopic (exact) mass is 174 g/mol. The number of nitrogens with one attached hydrogen (secondary N) is 1. The zero-order chi connectivity index (χ0) is 8.97. The SMILES string of the molecule is COC1CNCC(C(N)=O)OC1. The summed E-state index contributed by atoms with van der Waals surface area (Å²) in [6.45, 7) is 1.58. The van der Waals surface area contributed by atoms with Crippen LogP contribution in [0.5, 0.6) is 0 Å². The number of methoxy groups -OCH3 is 1. The molecular formula is C7H14N2O3. The van der Waals surface area contributed by atoms with Crippen LogP contribution >= 0.6 is 0 Å². The van der Waals surface area contributed by atoms with Crippen molar-refractivity contribution in [1.82, 2.24) is 5.32 Å². The Morgan fingerprint density at radius 2 is 2.42 bits per heavy atom. The van der Waals surface area contributed by atoms with Crippen LogP contribution in [0.1, 0.15) is 0 Å². The first kappa shape index (κ1) is 9.44. The van der Waals surface area contributed by atoms with Crippen molar-refractivity contribution in [3.63, 3.8) is 0 Å². The van der Waals surface area contributed by atoms with Gasteiger partial charge in [-0.05, 0) is 0 Å². The molecule has 0 saturated carbocycles. The molecule has 1 amide bonds. The minimum absolute atomic E-state index is 0.00866. The lowest BCUT2D eigenvalue weighted by atomic mass is 10.3. The second-order valence-electron chi connectivity index (χ2n) is 2.74. The largest absolute Gasteiger partial charge is 0.378 e. The fourth-order valence-electron chi connectivity index (χ4n) is 1.05. The maximum absolute atomic E-state index is 10.7. The third kappa shape index (κ3) is 2.44. The second kappa shape index (κ2) is 4.39. The number of hydrogen-bond acceptors (Lipinski definition) is 4. The van der Waals surface area contributed by atoms with Gasteiger partial charge in [-0.3, -0.25) is 4.79 Å². The van der Waals surface area contributed by atoms with Gasteiger partial charge < -0.3 is 20.5 Å². The molecule has 0 aromatic rings. The predicted molar refractivity (Wildman–Crippen MR) is 42.6 cm³/mol. The van der Waals surface area contributed by atoms with Gasteiger partial charge in [-0.1, -0.05) is 0 Å². The van der Waals surface area contributed by atoms with Crippen molar-refractivity contribution >= 4 is 5.91 Å². The van der Waals surface area contributed by atoms with Gasteiger partial charge in [0, 0.05) is 20.2 Å². The summed E-state index contributed by atoms with van der Waals surface area (Å²) in [5.74, 6) is -0.431. The van der Waals surface area contributed by atoms with Gasteiger partial charge in [0.1, 0.15) is 6.10 Å². The molecule has 1 aliphatic heterocycles. The molecule has 2 unspecified atom stereocenters. The summed E-state index contributed by atoms with van der Waals surface area (Å²) in [5.41, 5.74) is 5.08. The molecule has 0 radical (unpaired) electrons. The highest BCUT2D eigenvalue weighted by Gasteiger charge is 2.21. The van der Waals surface area contributed by atoms with Gasteiger partial charge >= 0.3 is 0 Å². The lowest BCUT2D eigenvalue weighted by Crippen LogP contribution is -2.37. The van der Waals surface area contributed by atoms with Crippen LogP contribution in [0, 0.1) is 0 Å². The zero-order valence-electron chi connectivity index (χ0n) is 7.08. The molecule has 0 bridgehead atoms. The van der Waals surface area contributed by atoms with Crippen molar-refractivity contribution in [2.45, 2.75) is 12.2 Å². The van der Waals surface area contributed by atoms with Crippen LogP contribution in [-0.2, 0) is 14.3 Å². The molecular weight excluding hydrogens is 160 g/mol. The first-order valence-corrected chi connectivity index (χ1v) is 3.88. The predicted octanol–water partition coefficient (Wildman–Crippen LogP) is -1.52. The smallest absolute Gasteiger partial charge is 0.247 e. The van der Waals surface area contributed by atoms with Gasteiger partial charge in [0.05, 0.1) is 12.7 Å². The summed E-state index contributed by atoms with van der Waals surface area (Å²) in [6.07, 6.45) is -0.514. The molecule has 1 aliphatic rings. The molecule has 0 aliphatic carbocycles. The van der Waals surface area contributed by atoms with E-state index < -0.39 is 12.0 Å². The van der Waals surface area contributed by atoms with Gasteiger partial charge in [-0.25, -0.2) is 0 Å². The third-order valence-electron chi connectivity index (χ3n) is 1.84. The van der Waals surface area contributed by atoms with Crippen molar-refractivity contribution in [2.75, 3.05) is 26.8 Å². The minimum Gasteiger partial charge on any atom is -0.378 e. The van der Waals surface area contributed by atoms with Crippen molar-refractivity contribution in [3.05, 3.63) is 0 Å². The summed E-state index contributed by atoms with van der Waals surface area (Å²) in [5, 5.41) is 3.03. The maximum atomic E-state index is 10.7. The van der Waals surface area contributed by atoms with E-state index >= 15 is 0 Å². The molecule has 1 rings (SSSR count). The zero-order valence-corrected chi connectivity index (χ0v) is 7.08. The molecule has 5 nitrogen and oxygen atoms in total. The molecule has 0 spiro atoms. The number of hydrogen-bond donors (Lipinski definition) is 2. The molecule has 0 aromatic heterocycles. The molecule has 1 fully saturated rings. The van der Waals surface area contributed by atoms with Gasteiger partial charge in [0.25, 0.3) is 0 Å². The fourth-order valence-corrected chi connectivity index (χ4v) is 1.05. The molecule has 1 saturated heterocycles. The Morgan fingerprint density at radius 1 is 1.67 bits per heavy atom. The highest BCUT2D eigenvalue weighted by atomic mass is 16.5. The van der Waals surface area contributed by atoms with E-state index in [0.29, 0.717) is 19.7 Å². The molecule has 3 N–H and O–H groups in total. The highest BCUT2D eigenvalue weighted by Crippen LogP contribution is 1.99. The first-order valence-electron chi connectivity index (χ1n) is 3.88. The van der Waals surface area contributed by atoms with Crippen LogP contribution in [0.4, 0.5) is 0 Å². The summed E-state index contributed by atoms with van der Waals surface area (Å²) in [6, 6.07) is 0. The molecule has 1 heterocycles. The Labute approximate surface area is 71.2 Å². The Kier molecular flexibility index (Phi) is 3.46. The quantitative estimate of drug-likeness (QED) is 0.533. The lowest BCUT2D eigenvalue weighted by Gasteiger charge is -2.11. The first-order chi connectivity index (χ1) is 5.74. The Bertz CT molecular complexity index is 163. The highest BCUT2D eigenvalue weighted by molar-refractivity contribution is 5.79. The van der Waals surface area contributed by atoms with Crippen LogP contribution in [0.25, 0.3) is 0 Å². The van der Waals surface area contributed by atoms with E-state index in [0.717, 1.165) is 0 Å². The number of ether oxygens (including phenoxy) is 2. The summed E-state index contributed by atoms with van der Waals surface area (Å²) in [7, 11) is 1.61. The van der Waals surface area contributed by atoms with Crippen molar-refractivity contribution < 1.29 is 14.3 Å². The second-order valence-corrected chi connectivity index (χ2v) is 2.74. The third-order valence-corrected chi connectivity index (χ3v) is 1.84. The fraction of sp³-hybridized carbons (Fsp3) is 0.857. The lowest BCUT2D eigenvalue weighted by molar-refractivity contribution is -0.130. The standard InChI is InChI=1S/C7H14N2O3/c1-11-5-2-9-3-6(7(8)10)12-4-5/h5-6,9H,2-4H2,1H3,(H2,8,10). The topological polar surface area (TPSA) is 73.6 Å². The number of carbonyl (C=O) groups excluding carboxylic acids is 1. The summed E-state index contributed by atoms with van der Waals surface area (Å²) in [4.78, 5) is 10.7. The summed E-state index contributed by atoms with van der Waals surface area (Å²) >= 11 is 0. The number of rotatable bonds is 2. The van der Waals surface area contributed by atoms with E-state index in [4.69, 9.17) is 15.2 Å². The van der Waals surface area contributed by atoms with E-state index in [-0.39, 0.29) is 6.10 Å². The van der Waals surface area contributed by atoms with E-state index in [9.17, 15) is 4.79 Å². The minimum atomic E-state index is -0.523. The summed E-state index contributed by atoms with van der Waals surface area (Å²) < 4.78 is 10.3. The van der Waals surface area contributed by atoms with Crippen molar-refractivity contribution in [1.29, 1.82) is 0 Å². The van der Waals surface area contributed by atoms with Crippen LogP contribution in [0.2, 0.25) is 0 Å². The molecule has 2 atom stereocenters. The van der Waals surface area contributed by atoms with Crippen molar-refractivity contribution in [2.24, 2.45) is 5.73 Å². The molecule has 0 aromatic carbocycles. The van der Waals surface area contributed by atoms with Crippen molar-refractivity contribution in [3.8, 4) is 0 Å². The number of amides is 1. The number of primary amides is 1. The number of nitrogens with two attached hydrogens (primary N) is 1. The van der Waals surface area contributed by atoms with E-state index in [1.165, 1.54) is 0 Å². The van der Waals surface area contributed by atoms with Gasteiger partial charge in [-0.2, -0.15) is 0 Å². The van der Waals surface area contributed by atoms with Gasteiger partial charge in [0.2, 0.25) is 5.91 Å². The van der Waals surface area contributed by atoms with E-state index in [1.54, 1.807) is 7.11 Å². The average Bonchev–Trinajstić information content (AvgIpc) is 2.28. The van der Waals surface area contributed by atoms with Gasteiger partial charge in [-0.15, -0.1) is 0 Å². The molecule has 12 heavy (non-hydrogen) atoms. The Balaban J connectivity index is 2.39. The Morgan fingerprint density at radius 3 is 3.00 bits per heavy atom. The normalized spacial score (nSPS) is 31.1. The van der Waals surface area contributed by atoms with Gasteiger partial charge in [0.15, 0.2) is 0 Å². The van der Waals surface area contributed by atoms with E-state index in [1.807, 2.05) is 0 Å². The molecule has 5 heteroatoms. The molecule has 70 valence electrons. The van der Waals surface area contributed by atoms with Crippen LogP contribution in [0.3, 0.4) is 0 Å². The number of carbonyl (C=O) groups is 1. The van der Waals surface area contributed by atoms with E-state index in [2.05, 4.69) is 5.32 Å². The van der Waals surface area contributed by atoms with Crippen LogP contribution in [0.15, 0.2) is 0 Å². The Hall–Kier alpha value is -0.650. The average molecular weight is 174 g/mol. The maximum Gasteiger partial charge on any atom is 0.247 e.